The summed E-state index contributed by atoms with van der Waals surface area (Å²) in [5.74, 6) is -0.298. The Morgan fingerprint density at radius 1 is 1.04 bits per heavy atom. The van der Waals surface area contributed by atoms with Gasteiger partial charge in [0.25, 0.3) is 5.56 Å². The van der Waals surface area contributed by atoms with Crippen molar-refractivity contribution in [1.82, 2.24) is 9.55 Å². The topological polar surface area (TPSA) is 52.0 Å². The largest absolute Gasteiger partial charge is 0.292 e. The predicted molar refractivity (Wildman–Crippen MR) is 115 cm³/mol. The first-order valence-electron chi connectivity index (χ1n) is 8.15. The van der Waals surface area contributed by atoms with Gasteiger partial charge in [0.1, 0.15) is 4.83 Å². The van der Waals surface area contributed by atoms with Gasteiger partial charge in [-0.1, -0.05) is 46.9 Å². The highest BCUT2D eigenvalue weighted by Crippen LogP contribution is 2.31. The number of carbonyl (C=O) groups is 1. The zero-order chi connectivity index (χ0) is 19.8. The Balaban J connectivity index is 1.75. The van der Waals surface area contributed by atoms with E-state index >= 15 is 0 Å². The van der Waals surface area contributed by atoms with Gasteiger partial charge >= 0.3 is 0 Å². The first-order chi connectivity index (χ1) is 13.4. The Bertz CT molecular complexity index is 1260. The Morgan fingerprint density at radius 2 is 1.75 bits per heavy atom. The lowest BCUT2D eigenvalue weighted by Gasteiger charge is -2.07. The number of rotatable bonds is 4. The van der Waals surface area contributed by atoms with E-state index in [2.05, 4.69) is 4.98 Å². The van der Waals surface area contributed by atoms with Gasteiger partial charge in [0, 0.05) is 26.6 Å². The molecule has 0 bridgehead atoms. The number of nitrogens with zero attached hydrogens (tertiary/aromatic N) is 2. The Kier molecular flexibility index (Phi) is 5.25. The summed E-state index contributed by atoms with van der Waals surface area (Å²) in [7, 11) is 0. The molecule has 0 unspecified atom stereocenters. The molecule has 140 valence electrons. The lowest BCUT2D eigenvalue weighted by Crippen LogP contribution is -2.24. The fourth-order valence-electron chi connectivity index (χ4n) is 2.88. The molecule has 2 heterocycles. The van der Waals surface area contributed by atoms with Gasteiger partial charge in [-0.05, 0) is 35.9 Å². The van der Waals surface area contributed by atoms with Crippen molar-refractivity contribution in [3.8, 4) is 11.1 Å². The summed E-state index contributed by atoms with van der Waals surface area (Å²) >= 11 is 19.3. The molecule has 0 radical (unpaired) electrons. The number of benzene rings is 2. The normalized spacial score (nSPS) is 11.1. The molecule has 4 nitrogen and oxygen atoms in total. The molecular weight excluding hydrogens is 439 g/mol. The maximum absolute atomic E-state index is 13.1. The Morgan fingerprint density at radius 3 is 2.46 bits per heavy atom. The molecule has 0 aliphatic rings. The molecule has 4 rings (SSSR count). The van der Waals surface area contributed by atoms with Crippen LogP contribution in [-0.2, 0) is 6.54 Å². The number of hydrogen-bond donors (Lipinski definition) is 0. The monoisotopic (exact) mass is 448 g/mol. The second kappa shape index (κ2) is 7.68. The molecule has 2 aromatic heterocycles. The van der Waals surface area contributed by atoms with E-state index in [0.29, 0.717) is 25.8 Å². The highest BCUT2D eigenvalue weighted by molar-refractivity contribution is 7.17. The summed E-state index contributed by atoms with van der Waals surface area (Å²) in [5.41, 5.74) is 1.65. The first kappa shape index (κ1) is 19.2. The SMILES string of the molecule is O=C(Cn1cnc2scc(-c3ccc(Cl)cc3)c2c1=O)c1ccc(Cl)cc1Cl. The maximum Gasteiger partial charge on any atom is 0.263 e. The molecule has 0 aliphatic heterocycles. The van der Waals surface area contributed by atoms with Crippen molar-refractivity contribution < 1.29 is 4.79 Å². The third-order valence-corrected chi connectivity index (χ3v) is 5.95. The third kappa shape index (κ3) is 3.59. The van der Waals surface area contributed by atoms with Gasteiger partial charge in [0.2, 0.25) is 0 Å². The predicted octanol–water partition coefficient (Wildman–Crippen LogP) is 5.97. The van der Waals surface area contributed by atoms with Crippen LogP contribution in [0, 0.1) is 0 Å². The average molecular weight is 450 g/mol. The van der Waals surface area contributed by atoms with Gasteiger partial charge in [-0.3, -0.25) is 14.2 Å². The van der Waals surface area contributed by atoms with Crippen molar-refractivity contribution in [3.05, 3.63) is 85.2 Å². The fraction of sp³-hybridized carbons (Fsp3) is 0.0500. The van der Waals surface area contributed by atoms with Crippen LogP contribution < -0.4 is 5.56 Å². The molecule has 0 fully saturated rings. The number of aromatic nitrogens is 2. The zero-order valence-electron chi connectivity index (χ0n) is 14.2. The summed E-state index contributed by atoms with van der Waals surface area (Å²) < 4.78 is 1.29. The number of hydrogen-bond acceptors (Lipinski definition) is 4. The van der Waals surface area contributed by atoms with Crippen molar-refractivity contribution >= 4 is 62.1 Å². The highest BCUT2D eigenvalue weighted by atomic mass is 35.5. The quantitative estimate of drug-likeness (QED) is 0.361. The molecule has 4 aromatic rings. The Labute approximate surface area is 178 Å². The van der Waals surface area contributed by atoms with E-state index in [0.717, 1.165) is 11.1 Å². The van der Waals surface area contributed by atoms with E-state index in [-0.39, 0.29) is 22.9 Å². The fourth-order valence-corrected chi connectivity index (χ4v) is 4.42. The van der Waals surface area contributed by atoms with E-state index in [1.165, 1.54) is 28.3 Å². The lowest BCUT2D eigenvalue weighted by atomic mass is 10.1. The van der Waals surface area contributed by atoms with Gasteiger partial charge in [0.05, 0.1) is 23.3 Å². The number of halogens is 3. The lowest BCUT2D eigenvalue weighted by molar-refractivity contribution is 0.0971. The van der Waals surface area contributed by atoms with Gasteiger partial charge in [0.15, 0.2) is 5.78 Å². The van der Waals surface area contributed by atoms with E-state index in [4.69, 9.17) is 34.8 Å². The molecule has 0 atom stereocenters. The van der Waals surface area contributed by atoms with Crippen molar-refractivity contribution in [3.63, 3.8) is 0 Å². The average Bonchev–Trinajstić information content (AvgIpc) is 3.09. The highest BCUT2D eigenvalue weighted by Gasteiger charge is 2.17. The number of fused-ring (bicyclic) bond motifs is 1. The van der Waals surface area contributed by atoms with Crippen molar-refractivity contribution in [2.24, 2.45) is 0 Å². The second-order valence-corrected chi connectivity index (χ2v) is 8.20. The molecule has 2 aromatic carbocycles. The number of thiophene rings is 1. The third-order valence-electron chi connectivity index (χ3n) is 4.26. The molecule has 0 saturated carbocycles. The van der Waals surface area contributed by atoms with Crippen LogP contribution in [0.25, 0.3) is 21.3 Å². The minimum atomic E-state index is -0.298. The van der Waals surface area contributed by atoms with Crippen LogP contribution >= 0.6 is 46.1 Å². The molecule has 0 amide bonds. The molecule has 0 spiro atoms. The second-order valence-electron chi connectivity index (χ2n) is 6.06. The van der Waals surface area contributed by atoms with Crippen LogP contribution in [0.15, 0.2) is 59.0 Å². The number of ketones is 1. The van der Waals surface area contributed by atoms with E-state index in [1.807, 2.05) is 17.5 Å². The van der Waals surface area contributed by atoms with Gasteiger partial charge in [-0.25, -0.2) is 4.98 Å². The summed E-state index contributed by atoms with van der Waals surface area (Å²) in [6.07, 6.45) is 1.38. The van der Waals surface area contributed by atoms with Gasteiger partial charge in [-0.2, -0.15) is 0 Å². The smallest absolute Gasteiger partial charge is 0.263 e. The molecule has 0 N–H and O–H groups in total. The van der Waals surface area contributed by atoms with Crippen LogP contribution in [0.4, 0.5) is 0 Å². The standard InChI is InChI=1S/C20H11Cl3N2O2S/c21-12-3-1-11(2-4-12)15-9-28-19-18(15)20(27)25(10-24-19)8-17(26)14-6-5-13(22)7-16(14)23/h1-7,9-10H,8H2. The summed E-state index contributed by atoms with van der Waals surface area (Å²) in [4.78, 5) is 30.6. The van der Waals surface area contributed by atoms with E-state index in [1.54, 1.807) is 24.3 Å². The summed E-state index contributed by atoms with van der Waals surface area (Å²) in [5, 5.41) is 3.66. The summed E-state index contributed by atoms with van der Waals surface area (Å²) in [6, 6.07) is 11.9. The molecule has 28 heavy (non-hydrogen) atoms. The van der Waals surface area contributed by atoms with Crippen molar-refractivity contribution in [1.29, 1.82) is 0 Å². The van der Waals surface area contributed by atoms with Crippen LogP contribution in [0.3, 0.4) is 0 Å². The maximum atomic E-state index is 13.1. The molecule has 0 aliphatic carbocycles. The minimum absolute atomic E-state index is 0.168. The zero-order valence-corrected chi connectivity index (χ0v) is 17.2. The molecule has 0 saturated heterocycles. The van der Waals surface area contributed by atoms with Crippen LogP contribution in [0.2, 0.25) is 15.1 Å². The van der Waals surface area contributed by atoms with Crippen LogP contribution in [0.1, 0.15) is 10.4 Å². The minimum Gasteiger partial charge on any atom is -0.292 e. The van der Waals surface area contributed by atoms with E-state index in [9.17, 15) is 9.59 Å². The number of Topliss-reactive ketones (excluding diaryl/α,β-unsaturated/α-hetero) is 1. The van der Waals surface area contributed by atoms with Gasteiger partial charge < -0.3 is 0 Å². The van der Waals surface area contributed by atoms with Crippen molar-refractivity contribution in [2.45, 2.75) is 6.54 Å². The molecule has 8 heteroatoms. The van der Waals surface area contributed by atoms with Gasteiger partial charge in [-0.15, -0.1) is 11.3 Å². The van der Waals surface area contributed by atoms with Crippen LogP contribution in [0.5, 0.6) is 0 Å². The number of carbonyl (C=O) groups excluding carboxylic acids is 1. The van der Waals surface area contributed by atoms with E-state index < -0.39 is 0 Å². The first-order valence-corrected chi connectivity index (χ1v) is 10.2. The Hall–Kier alpha value is -2.18. The molecular formula is C20H11Cl3N2O2S. The van der Waals surface area contributed by atoms with Crippen LogP contribution in [-0.4, -0.2) is 15.3 Å². The summed E-state index contributed by atoms with van der Waals surface area (Å²) in [6.45, 7) is -0.168. The van der Waals surface area contributed by atoms with Crippen molar-refractivity contribution in [2.75, 3.05) is 0 Å².